The van der Waals surface area contributed by atoms with Crippen LogP contribution in [-0.2, 0) is 6.54 Å². The first-order valence-corrected chi connectivity index (χ1v) is 7.33. The molecule has 0 bridgehead atoms. The smallest absolute Gasteiger partial charge is 0.272 e. The van der Waals surface area contributed by atoms with Gasteiger partial charge in [0.05, 0.1) is 12.2 Å². The van der Waals surface area contributed by atoms with Crippen LogP contribution in [0.25, 0.3) is 11.3 Å². The maximum absolute atomic E-state index is 12.2. The topological polar surface area (TPSA) is 34.9 Å². The second-order valence-corrected chi connectivity index (χ2v) is 5.42. The average Bonchev–Trinajstić information content (AvgIpc) is 2.99. The van der Waals surface area contributed by atoms with E-state index < -0.39 is 0 Å². The molecule has 0 unspecified atom stereocenters. The Kier molecular flexibility index (Phi) is 3.48. The number of hydrogen-bond donors (Lipinski definition) is 0. The van der Waals surface area contributed by atoms with Crippen LogP contribution in [0.15, 0.2) is 58.1 Å². The van der Waals surface area contributed by atoms with E-state index in [9.17, 15) is 4.79 Å². The van der Waals surface area contributed by atoms with E-state index in [0.29, 0.717) is 12.2 Å². The second-order valence-electron chi connectivity index (χ2n) is 4.64. The highest BCUT2D eigenvalue weighted by atomic mass is 32.1. The lowest BCUT2D eigenvalue weighted by Gasteiger charge is -2.09. The largest absolute Gasteiger partial charge is 0.307 e. The first-order valence-electron chi connectivity index (χ1n) is 6.38. The van der Waals surface area contributed by atoms with Gasteiger partial charge < -0.3 is 4.57 Å². The highest BCUT2D eigenvalue weighted by molar-refractivity contribution is 7.08. The van der Waals surface area contributed by atoms with E-state index in [1.54, 1.807) is 22.8 Å². The molecular formula is C16H14N2OS. The van der Waals surface area contributed by atoms with Crippen LogP contribution < -0.4 is 5.56 Å². The first-order chi connectivity index (χ1) is 9.74. The average molecular weight is 282 g/mol. The number of benzene rings is 1. The molecule has 0 aliphatic heterocycles. The third-order valence-electron chi connectivity index (χ3n) is 3.15. The molecule has 20 heavy (non-hydrogen) atoms. The van der Waals surface area contributed by atoms with Crippen LogP contribution in [-0.4, -0.2) is 9.55 Å². The van der Waals surface area contributed by atoms with E-state index in [2.05, 4.69) is 4.98 Å². The van der Waals surface area contributed by atoms with Crippen LogP contribution in [0.3, 0.4) is 0 Å². The van der Waals surface area contributed by atoms with Crippen molar-refractivity contribution in [3.8, 4) is 11.3 Å². The molecule has 0 saturated carbocycles. The molecule has 0 aliphatic rings. The molecule has 1 aromatic carbocycles. The summed E-state index contributed by atoms with van der Waals surface area (Å²) in [6.45, 7) is 2.33. The van der Waals surface area contributed by atoms with Gasteiger partial charge in [0.2, 0.25) is 0 Å². The van der Waals surface area contributed by atoms with Gasteiger partial charge in [-0.2, -0.15) is 11.3 Å². The molecule has 3 rings (SSSR count). The zero-order valence-electron chi connectivity index (χ0n) is 11.1. The van der Waals surface area contributed by atoms with Crippen molar-refractivity contribution in [2.75, 3.05) is 0 Å². The number of hydrogen-bond acceptors (Lipinski definition) is 3. The second kappa shape index (κ2) is 5.43. The van der Waals surface area contributed by atoms with E-state index in [-0.39, 0.29) is 5.56 Å². The predicted octanol–water partition coefficient (Wildman–Crippen LogP) is 3.33. The Morgan fingerprint density at radius 1 is 1.20 bits per heavy atom. The summed E-state index contributed by atoms with van der Waals surface area (Å²) in [5.41, 5.74) is 3.51. The maximum Gasteiger partial charge on any atom is 0.272 e. The number of aromatic nitrogens is 2. The number of rotatable bonds is 3. The summed E-state index contributed by atoms with van der Waals surface area (Å²) in [7, 11) is 0. The van der Waals surface area contributed by atoms with Crippen molar-refractivity contribution < 1.29 is 0 Å². The molecule has 0 amide bonds. The standard InChI is InChI=1S/C16H14N2OS/c1-12-16(19)18(9-13-5-3-2-4-6-13)10-15(17-12)14-7-8-20-11-14/h2-8,10-11H,9H2,1H3. The van der Waals surface area contributed by atoms with Gasteiger partial charge in [0.1, 0.15) is 5.69 Å². The molecule has 0 N–H and O–H groups in total. The van der Waals surface area contributed by atoms with Crippen molar-refractivity contribution in [2.24, 2.45) is 0 Å². The Bertz CT molecular complexity index is 761. The number of thiophene rings is 1. The molecule has 2 heterocycles. The summed E-state index contributed by atoms with van der Waals surface area (Å²) in [6.07, 6.45) is 1.84. The Hall–Kier alpha value is -2.20. The summed E-state index contributed by atoms with van der Waals surface area (Å²) in [6, 6.07) is 12.0. The molecule has 0 fully saturated rings. The van der Waals surface area contributed by atoms with Crippen molar-refractivity contribution in [1.29, 1.82) is 0 Å². The summed E-state index contributed by atoms with van der Waals surface area (Å²) >= 11 is 1.63. The number of nitrogens with zero attached hydrogens (tertiary/aromatic N) is 2. The van der Waals surface area contributed by atoms with E-state index in [0.717, 1.165) is 16.8 Å². The fourth-order valence-electron chi connectivity index (χ4n) is 2.12. The van der Waals surface area contributed by atoms with E-state index >= 15 is 0 Å². The Balaban J connectivity index is 2.04. The Morgan fingerprint density at radius 2 is 2.00 bits per heavy atom. The molecular weight excluding hydrogens is 268 g/mol. The lowest BCUT2D eigenvalue weighted by Crippen LogP contribution is -2.24. The minimum absolute atomic E-state index is 0.0344. The highest BCUT2D eigenvalue weighted by Gasteiger charge is 2.07. The summed E-state index contributed by atoms with van der Waals surface area (Å²) < 4.78 is 1.73. The van der Waals surface area contributed by atoms with Gasteiger partial charge in [-0.05, 0) is 23.9 Å². The van der Waals surface area contributed by atoms with Crippen LogP contribution in [0.1, 0.15) is 11.3 Å². The highest BCUT2D eigenvalue weighted by Crippen LogP contribution is 2.19. The van der Waals surface area contributed by atoms with Crippen LogP contribution in [0, 0.1) is 6.92 Å². The van der Waals surface area contributed by atoms with Crippen molar-refractivity contribution in [2.45, 2.75) is 13.5 Å². The molecule has 0 aliphatic carbocycles. The summed E-state index contributed by atoms with van der Waals surface area (Å²) in [5.74, 6) is 0. The minimum atomic E-state index is -0.0344. The fourth-order valence-corrected chi connectivity index (χ4v) is 2.77. The lowest BCUT2D eigenvalue weighted by atomic mass is 10.2. The molecule has 0 atom stereocenters. The lowest BCUT2D eigenvalue weighted by molar-refractivity contribution is 0.740. The molecule has 4 heteroatoms. The van der Waals surface area contributed by atoms with E-state index in [4.69, 9.17) is 0 Å². The van der Waals surface area contributed by atoms with Gasteiger partial charge in [0.15, 0.2) is 0 Å². The van der Waals surface area contributed by atoms with Gasteiger partial charge in [0, 0.05) is 17.1 Å². The molecule has 100 valence electrons. The van der Waals surface area contributed by atoms with Crippen LogP contribution in [0.4, 0.5) is 0 Å². The first kappa shape index (κ1) is 12.8. The van der Waals surface area contributed by atoms with Gasteiger partial charge in [-0.3, -0.25) is 4.79 Å². The van der Waals surface area contributed by atoms with Gasteiger partial charge in [-0.1, -0.05) is 30.3 Å². The van der Waals surface area contributed by atoms with Crippen LogP contribution in [0.5, 0.6) is 0 Å². The van der Waals surface area contributed by atoms with E-state index in [1.165, 1.54) is 0 Å². The van der Waals surface area contributed by atoms with Gasteiger partial charge in [-0.15, -0.1) is 0 Å². The van der Waals surface area contributed by atoms with Crippen molar-refractivity contribution in [3.63, 3.8) is 0 Å². The molecule has 3 nitrogen and oxygen atoms in total. The Labute approximate surface area is 121 Å². The molecule has 0 radical (unpaired) electrons. The monoisotopic (exact) mass is 282 g/mol. The van der Waals surface area contributed by atoms with Crippen molar-refractivity contribution in [3.05, 3.63) is 75.0 Å². The van der Waals surface area contributed by atoms with E-state index in [1.807, 2.05) is 53.4 Å². The van der Waals surface area contributed by atoms with Crippen LogP contribution in [0.2, 0.25) is 0 Å². The minimum Gasteiger partial charge on any atom is -0.307 e. The van der Waals surface area contributed by atoms with Gasteiger partial charge in [0.25, 0.3) is 5.56 Å². The summed E-state index contributed by atoms with van der Waals surface area (Å²) in [5, 5.41) is 4.05. The summed E-state index contributed by atoms with van der Waals surface area (Å²) in [4.78, 5) is 16.6. The SMILES string of the molecule is Cc1nc(-c2ccsc2)cn(Cc2ccccc2)c1=O. The molecule has 3 aromatic rings. The maximum atomic E-state index is 12.2. The predicted molar refractivity (Wildman–Crippen MR) is 82.1 cm³/mol. The third kappa shape index (κ3) is 2.56. The molecule has 0 saturated heterocycles. The molecule has 0 spiro atoms. The van der Waals surface area contributed by atoms with Crippen molar-refractivity contribution in [1.82, 2.24) is 9.55 Å². The van der Waals surface area contributed by atoms with Gasteiger partial charge in [-0.25, -0.2) is 4.98 Å². The zero-order valence-corrected chi connectivity index (χ0v) is 11.9. The zero-order chi connectivity index (χ0) is 13.9. The number of aryl methyl sites for hydroxylation is 1. The van der Waals surface area contributed by atoms with Crippen LogP contribution >= 0.6 is 11.3 Å². The fraction of sp³-hybridized carbons (Fsp3) is 0.125. The molecule has 2 aromatic heterocycles. The third-order valence-corrected chi connectivity index (χ3v) is 3.83. The van der Waals surface area contributed by atoms with Gasteiger partial charge >= 0.3 is 0 Å². The Morgan fingerprint density at radius 3 is 2.70 bits per heavy atom. The normalized spacial score (nSPS) is 10.7. The van der Waals surface area contributed by atoms with Crippen molar-refractivity contribution >= 4 is 11.3 Å². The quantitative estimate of drug-likeness (QED) is 0.738.